The van der Waals surface area contributed by atoms with E-state index in [1.165, 1.54) is 0 Å². The Morgan fingerprint density at radius 2 is 1.44 bits per heavy atom. The maximum Gasteiger partial charge on any atom is 0.262 e. The van der Waals surface area contributed by atoms with Gasteiger partial charge in [-0.1, -0.05) is 0 Å². The topological polar surface area (TPSA) is 82.8 Å². The van der Waals surface area contributed by atoms with Crippen LogP contribution in [-0.4, -0.2) is 32.3 Å². The molecule has 0 spiro atoms. The van der Waals surface area contributed by atoms with Gasteiger partial charge in [0.25, 0.3) is 5.91 Å². The lowest BCUT2D eigenvalue weighted by molar-refractivity contribution is -0.118. The summed E-state index contributed by atoms with van der Waals surface area (Å²) in [6, 6.07) is 14.2. The van der Waals surface area contributed by atoms with Crippen molar-refractivity contribution in [2.24, 2.45) is 5.73 Å². The third-order valence-electron chi connectivity index (χ3n) is 3.03. The lowest BCUT2D eigenvalue weighted by Gasteiger charge is -2.09. The van der Waals surface area contributed by atoms with Crippen LogP contribution < -0.4 is 25.3 Å². The number of carbonyl (C=O) groups excluding carboxylic acids is 1. The molecule has 0 radical (unpaired) electrons. The fourth-order valence-electron chi connectivity index (χ4n) is 1.96. The molecule has 0 heterocycles. The van der Waals surface area contributed by atoms with Crippen LogP contribution >= 0.6 is 12.4 Å². The van der Waals surface area contributed by atoms with Gasteiger partial charge in [-0.2, -0.15) is 0 Å². The second-order valence-electron chi connectivity index (χ2n) is 4.90. The molecule has 0 fully saturated rings. The number of nitrogens with two attached hydrogens (primary N) is 1. The van der Waals surface area contributed by atoms with Crippen LogP contribution in [0.1, 0.15) is 6.92 Å². The van der Waals surface area contributed by atoms with E-state index < -0.39 is 0 Å². The fourth-order valence-corrected chi connectivity index (χ4v) is 1.96. The summed E-state index contributed by atoms with van der Waals surface area (Å²) < 4.78 is 16.2. The van der Waals surface area contributed by atoms with Crippen LogP contribution in [0.15, 0.2) is 48.5 Å². The minimum atomic E-state index is -0.237. The van der Waals surface area contributed by atoms with Crippen molar-refractivity contribution >= 4 is 24.0 Å². The molecule has 0 saturated heterocycles. The third-order valence-corrected chi connectivity index (χ3v) is 3.03. The molecule has 2 rings (SSSR count). The van der Waals surface area contributed by atoms with E-state index in [0.717, 1.165) is 5.75 Å². The molecule has 0 aliphatic carbocycles. The molecule has 2 aromatic carbocycles. The molecule has 6 nitrogen and oxygen atoms in total. The first kappa shape index (κ1) is 20.6. The summed E-state index contributed by atoms with van der Waals surface area (Å²) in [5.74, 6) is 1.86. The molecule has 2 aromatic rings. The molecule has 0 saturated carbocycles. The van der Waals surface area contributed by atoms with Gasteiger partial charge in [0.1, 0.15) is 23.9 Å². The number of amides is 1. The first-order valence-corrected chi connectivity index (χ1v) is 7.79. The maximum absolute atomic E-state index is 11.9. The van der Waals surface area contributed by atoms with Crippen LogP contribution in [0.5, 0.6) is 17.2 Å². The predicted octanol–water partition coefficient (Wildman–Crippen LogP) is 2.86. The molecule has 0 aromatic heterocycles. The van der Waals surface area contributed by atoms with Gasteiger partial charge >= 0.3 is 0 Å². The Kier molecular flexibility index (Phi) is 9.21. The zero-order valence-corrected chi connectivity index (χ0v) is 14.9. The third kappa shape index (κ3) is 7.32. The first-order chi connectivity index (χ1) is 11.7. The van der Waals surface area contributed by atoms with Crippen LogP contribution in [0.3, 0.4) is 0 Å². The Bertz CT molecular complexity index is 633. The van der Waals surface area contributed by atoms with E-state index in [9.17, 15) is 4.79 Å². The number of ether oxygens (including phenoxy) is 3. The van der Waals surface area contributed by atoms with Crippen LogP contribution in [0.25, 0.3) is 0 Å². The standard InChI is InChI=1S/C18H22N2O4.ClH/c1-2-22-15-7-9-17(10-8-15)24-13-18(21)20-14-3-5-16(6-4-14)23-12-11-19;/h3-10H,2,11-13,19H2,1H3,(H,20,21);1H. The van der Waals surface area contributed by atoms with Gasteiger partial charge in [0.15, 0.2) is 6.61 Å². The van der Waals surface area contributed by atoms with Crippen molar-refractivity contribution < 1.29 is 19.0 Å². The number of anilines is 1. The Morgan fingerprint density at radius 1 is 0.920 bits per heavy atom. The average molecular weight is 367 g/mol. The molecule has 0 aliphatic heterocycles. The van der Waals surface area contributed by atoms with Gasteiger partial charge < -0.3 is 25.3 Å². The van der Waals surface area contributed by atoms with Crippen LogP contribution in [0.4, 0.5) is 5.69 Å². The van der Waals surface area contributed by atoms with Crippen LogP contribution in [0, 0.1) is 0 Å². The van der Waals surface area contributed by atoms with Crippen molar-refractivity contribution in [2.75, 3.05) is 31.7 Å². The highest BCUT2D eigenvalue weighted by Gasteiger charge is 2.04. The summed E-state index contributed by atoms with van der Waals surface area (Å²) in [5.41, 5.74) is 6.05. The van der Waals surface area contributed by atoms with Crippen molar-refractivity contribution in [3.63, 3.8) is 0 Å². The van der Waals surface area contributed by atoms with E-state index in [2.05, 4.69) is 5.32 Å². The molecule has 7 heteroatoms. The van der Waals surface area contributed by atoms with Crippen molar-refractivity contribution in [3.8, 4) is 17.2 Å². The smallest absolute Gasteiger partial charge is 0.262 e. The highest BCUT2D eigenvalue weighted by molar-refractivity contribution is 5.91. The molecule has 0 aliphatic rings. The molecule has 0 atom stereocenters. The summed E-state index contributed by atoms with van der Waals surface area (Å²) in [6.07, 6.45) is 0. The summed E-state index contributed by atoms with van der Waals surface area (Å²) in [5, 5.41) is 2.76. The largest absolute Gasteiger partial charge is 0.494 e. The normalized spacial score (nSPS) is 9.68. The Morgan fingerprint density at radius 3 is 2.00 bits per heavy atom. The van der Waals surface area contributed by atoms with Gasteiger partial charge in [-0.3, -0.25) is 4.79 Å². The van der Waals surface area contributed by atoms with Gasteiger partial charge in [0, 0.05) is 12.2 Å². The van der Waals surface area contributed by atoms with Crippen molar-refractivity contribution in [3.05, 3.63) is 48.5 Å². The van der Waals surface area contributed by atoms with Crippen molar-refractivity contribution in [1.82, 2.24) is 0 Å². The average Bonchev–Trinajstić information content (AvgIpc) is 2.61. The Balaban J connectivity index is 0.00000312. The second-order valence-corrected chi connectivity index (χ2v) is 4.90. The van der Waals surface area contributed by atoms with Gasteiger partial charge in [-0.25, -0.2) is 0 Å². The highest BCUT2D eigenvalue weighted by Crippen LogP contribution is 2.18. The number of nitrogens with one attached hydrogen (secondary N) is 1. The predicted molar refractivity (Wildman–Crippen MR) is 100.0 cm³/mol. The second kappa shape index (κ2) is 11.2. The lowest BCUT2D eigenvalue weighted by Crippen LogP contribution is -2.20. The number of hydrogen-bond donors (Lipinski definition) is 2. The van der Waals surface area contributed by atoms with E-state index in [0.29, 0.717) is 36.9 Å². The van der Waals surface area contributed by atoms with Crippen molar-refractivity contribution in [1.29, 1.82) is 0 Å². The number of hydrogen-bond acceptors (Lipinski definition) is 5. The minimum absolute atomic E-state index is 0. The van der Waals surface area contributed by atoms with E-state index in [1.807, 2.05) is 6.92 Å². The minimum Gasteiger partial charge on any atom is -0.494 e. The fraction of sp³-hybridized carbons (Fsp3) is 0.278. The van der Waals surface area contributed by atoms with Crippen LogP contribution in [-0.2, 0) is 4.79 Å². The van der Waals surface area contributed by atoms with E-state index in [4.69, 9.17) is 19.9 Å². The molecule has 3 N–H and O–H groups in total. The zero-order chi connectivity index (χ0) is 17.2. The summed E-state index contributed by atoms with van der Waals surface area (Å²) in [4.78, 5) is 11.9. The van der Waals surface area contributed by atoms with E-state index >= 15 is 0 Å². The van der Waals surface area contributed by atoms with E-state index in [-0.39, 0.29) is 24.9 Å². The molecule has 0 unspecified atom stereocenters. The quantitative estimate of drug-likeness (QED) is 0.713. The van der Waals surface area contributed by atoms with Crippen molar-refractivity contribution in [2.45, 2.75) is 6.92 Å². The van der Waals surface area contributed by atoms with E-state index in [1.54, 1.807) is 48.5 Å². The van der Waals surface area contributed by atoms with Gasteiger partial charge in [0.05, 0.1) is 6.61 Å². The molecule has 0 bridgehead atoms. The van der Waals surface area contributed by atoms with Gasteiger partial charge in [0.2, 0.25) is 0 Å². The maximum atomic E-state index is 11.9. The molecule has 1 amide bonds. The number of rotatable bonds is 9. The summed E-state index contributed by atoms with van der Waals surface area (Å²) in [6.45, 7) is 3.38. The first-order valence-electron chi connectivity index (χ1n) is 7.79. The van der Waals surface area contributed by atoms with Gasteiger partial charge in [-0.15, -0.1) is 12.4 Å². The molecular formula is C18H23ClN2O4. The molecular weight excluding hydrogens is 344 g/mol. The number of carbonyl (C=O) groups is 1. The summed E-state index contributed by atoms with van der Waals surface area (Å²) >= 11 is 0. The zero-order valence-electron chi connectivity index (χ0n) is 14.1. The Hall–Kier alpha value is -2.44. The highest BCUT2D eigenvalue weighted by atomic mass is 35.5. The monoisotopic (exact) mass is 366 g/mol. The summed E-state index contributed by atoms with van der Waals surface area (Å²) in [7, 11) is 0. The number of benzene rings is 2. The lowest BCUT2D eigenvalue weighted by atomic mass is 10.3. The van der Waals surface area contributed by atoms with Crippen LogP contribution in [0.2, 0.25) is 0 Å². The molecule has 136 valence electrons. The SMILES string of the molecule is CCOc1ccc(OCC(=O)Nc2ccc(OCCN)cc2)cc1.Cl. The number of halogens is 1. The molecule has 25 heavy (non-hydrogen) atoms. The van der Waals surface area contributed by atoms with Gasteiger partial charge in [-0.05, 0) is 55.5 Å². The Labute approximate surface area is 153 Å².